The van der Waals surface area contributed by atoms with Gasteiger partial charge in [-0.1, -0.05) is 6.07 Å². The second kappa shape index (κ2) is 14.4. The number of aliphatic imine (C=N–C) groups is 1. The van der Waals surface area contributed by atoms with Gasteiger partial charge < -0.3 is 20.1 Å². The summed E-state index contributed by atoms with van der Waals surface area (Å²) in [6, 6.07) is 12.0. The van der Waals surface area contributed by atoms with Crippen molar-refractivity contribution in [3.63, 3.8) is 0 Å². The van der Waals surface area contributed by atoms with Gasteiger partial charge in [-0.05, 0) is 68.1 Å². The number of nitrogens with one attached hydrogen (secondary N) is 2. The van der Waals surface area contributed by atoms with E-state index < -0.39 is 0 Å². The molecule has 3 aromatic rings. The number of aryl methyl sites for hydroxylation is 1. The third kappa shape index (κ3) is 8.23. The fourth-order valence-electron chi connectivity index (χ4n) is 3.24. The van der Waals surface area contributed by atoms with Crippen LogP contribution in [0, 0.1) is 0 Å². The predicted octanol–water partition coefficient (Wildman–Crippen LogP) is 3.98. The van der Waals surface area contributed by atoms with Crippen LogP contribution in [-0.4, -0.2) is 47.5 Å². The van der Waals surface area contributed by atoms with Crippen LogP contribution < -0.4 is 20.1 Å². The molecule has 0 spiro atoms. The molecule has 178 valence electrons. The number of pyridine rings is 1. The fourth-order valence-corrected chi connectivity index (χ4v) is 3.24. The number of hydrogen-bond donors (Lipinski definition) is 2. The van der Waals surface area contributed by atoms with Gasteiger partial charge in [0.25, 0.3) is 0 Å². The topological polar surface area (TPSA) is 85.6 Å². The van der Waals surface area contributed by atoms with Gasteiger partial charge in [0, 0.05) is 31.7 Å². The lowest BCUT2D eigenvalue weighted by Crippen LogP contribution is -2.37. The lowest BCUT2D eigenvalue weighted by atomic mass is 10.1. The van der Waals surface area contributed by atoms with Crippen molar-refractivity contribution in [3.05, 3.63) is 66.1 Å². The van der Waals surface area contributed by atoms with Crippen molar-refractivity contribution in [2.75, 3.05) is 26.8 Å². The molecule has 0 aliphatic carbocycles. The van der Waals surface area contributed by atoms with E-state index in [4.69, 9.17) is 14.5 Å². The summed E-state index contributed by atoms with van der Waals surface area (Å²) in [5.41, 5.74) is 2.30. The molecule has 9 heteroatoms. The lowest BCUT2D eigenvalue weighted by Gasteiger charge is -2.13. The highest BCUT2D eigenvalue weighted by Crippen LogP contribution is 2.28. The maximum Gasteiger partial charge on any atom is 0.191 e. The van der Waals surface area contributed by atoms with Crippen molar-refractivity contribution in [1.82, 2.24) is 25.4 Å². The Morgan fingerprint density at radius 3 is 2.67 bits per heavy atom. The van der Waals surface area contributed by atoms with Crippen LogP contribution in [0.4, 0.5) is 0 Å². The molecule has 0 radical (unpaired) electrons. The third-order valence-electron chi connectivity index (χ3n) is 4.78. The molecule has 0 amide bonds. The van der Waals surface area contributed by atoms with E-state index in [1.54, 1.807) is 24.2 Å². The van der Waals surface area contributed by atoms with Gasteiger partial charge in [-0.2, -0.15) is 5.10 Å². The van der Waals surface area contributed by atoms with E-state index in [2.05, 4.69) is 39.8 Å². The van der Waals surface area contributed by atoms with Crippen molar-refractivity contribution in [2.45, 2.75) is 33.2 Å². The van der Waals surface area contributed by atoms with Crippen LogP contribution >= 0.6 is 24.0 Å². The highest BCUT2D eigenvalue weighted by molar-refractivity contribution is 14.0. The van der Waals surface area contributed by atoms with E-state index in [0.29, 0.717) is 13.2 Å². The van der Waals surface area contributed by atoms with Crippen LogP contribution in [0.3, 0.4) is 0 Å². The average molecular weight is 564 g/mol. The summed E-state index contributed by atoms with van der Waals surface area (Å²) in [6.45, 7) is 6.83. The second-order valence-corrected chi connectivity index (χ2v) is 7.12. The molecular weight excluding hydrogens is 531 g/mol. The number of hydrogen-bond acceptors (Lipinski definition) is 5. The van der Waals surface area contributed by atoms with Gasteiger partial charge in [-0.15, -0.1) is 24.0 Å². The van der Waals surface area contributed by atoms with E-state index in [-0.39, 0.29) is 24.0 Å². The molecule has 2 N–H and O–H groups in total. The number of guanidine groups is 1. The van der Waals surface area contributed by atoms with Crippen molar-refractivity contribution < 1.29 is 9.47 Å². The zero-order chi connectivity index (χ0) is 22.6. The van der Waals surface area contributed by atoms with Crippen molar-refractivity contribution in [3.8, 4) is 17.3 Å². The first-order chi connectivity index (χ1) is 15.7. The summed E-state index contributed by atoms with van der Waals surface area (Å²) in [5, 5.41) is 11.0. The molecule has 0 unspecified atom stereocenters. The minimum absolute atomic E-state index is 0. The number of rotatable bonds is 11. The predicted molar refractivity (Wildman–Crippen MR) is 142 cm³/mol. The second-order valence-electron chi connectivity index (χ2n) is 7.12. The van der Waals surface area contributed by atoms with Crippen LogP contribution in [0.15, 0.2) is 60.0 Å². The molecule has 1 aromatic carbocycles. The Morgan fingerprint density at radius 1 is 1.06 bits per heavy atom. The van der Waals surface area contributed by atoms with E-state index in [1.165, 1.54) is 5.56 Å². The van der Waals surface area contributed by atoms with E-state index in [9.17, 15) is 0 Å². The molecule has 2 heterocycles. The summed E-state index contributed by atoms with van der Waals surface area (Å²) in [7, 11) is 1.66. The lowest BCUT2D eigenvalue weighted by molar-refractivity contribution is 0.310. The van der Waals surface area contributed by atoms with Crippen LogP contribution in [0.5, 0.6) is 11.5 Å². The Balaban J connectivity index is 0.00000385. The number of ether oxygens (including phenoxy) is 2. The molecule has 33 heavy (non-hydrogen) atoms. The van der Waals surface area contributed by atoms with Crippen molar-refractivity contribution in [2.24, 2.45) is 4.99 Å². The highest BCUT2D eigenvalue weighted by atomic mass is 127. The Bertz CT molecular complexity index is 994. The number of aromatic nitrogens is 3. The van der Waals surface area contributed by atoms with E-state index in [1.807, 2.05) is 37.4 Å². The van der Waals surface area contributed by atoms with Gasteiger partial charge in [0.15, 0.2) is 23.3 Å². The molecule has 0 saturated carbocycles. The molecule has 0 bridgehead atoms. The quantitative estimate of drug-likeness (QED) is 0.159. The van der Waals surface area contributed by atoms with Crippen molar-refractivity contribution in [1.29, 1.82) is 0 Å². The van der Waals surface area contributed by atoms with Crippen LogP contribution in [-0.2, 0) is 13.0 Å². The zero-order valence-electron chi connectivity index (χ0n) is 19.5. The number of nitrogens with zero attached hydrogens (tertiary/aromatic N) is 4. The van der Waals surface area contributed by atoms with Crippen LogP contribution in [0.1, 0.15) is 31.4 Å². The van der Waals surface area contributed by atoms with Crippen molar-refractivity contribution >= 4 is 29.9 Å². The van der Waals surface area contributed by atoms with Gasteiger partial charge in [0.2, 0.25) is 0 Å². The molecule has 0 fully saturated rings. The first kappa shape index (κ1) is 26.4. The zero-order valence-corrected chi connectivity index (χ0v) is 21.8. The van der Waals surface area contributed by atoms with Gasteiger partial charge in [0.05, 0.1) is 20.3 Å². The first-order valence-electron chi connectivity index (χ1n) is 11.0. The van der Waals surface area contributed by atoms with Crippen LogP contribution in [0.2, 0.25) is 0 Å². The Morgan fingerprint density at radius 2 is 1.94 bits per heavy atom. The Labute approximate surface area is 212 Å². The average Bonchev–Trinajstić information content (AvgIpc) is 3.36. The Hall–Kier alpha value is -2.82. The molecule has 3 rings (SSSR count). The molecule has 2 aromatic heterocycles. The monoisotopic (exact) mass is 564 g/mol. The highest BCUT2D eigenvalue weighted by Gasteiger charge is 2.06. The molecule has 8 nitrogen and oxygen atoms in total. The third-order valence-corrected chi connectivity index (χ3v) is 4.78. The summed E-state index contributed by atoms with van der Waals surface area (Å²) < 4.78 is 12.8. The standard InChI is InChI=1S/C24H32N6O2.HI/c1-4-25-24(28-18-20-11-14-26-23(17-20)30-15-7-13-29-30)27-12-6-8-19-9-10-21(31-3)22(16-19)32-5-2;/h7,9-11,13-17H,4-6,8,12,18H2,1-3H3,(H2,25,27,28);1H. The Kier molecular flexibility index (Phi) is 11.5. The summed E-state index contributed by atoms with van der Waals surface area (Å²) in [6.07, 6.45) is 7.31. The fraction of sp³-hybridized carbons (Fsp3) is 0.375. The van der Waals surface area contributed by atoms with Gasteiger partial charge in [-0.25, -0.2) is 14.7 Å². The number of benzene rings is 1. The molecule has 0 aliphatic heterocycles. The van der Waals surface area contributed by atoms with E-state index in [0.717, 1.165) is 54.8 Å². The number of halogens is 1. The van der Waals surface area contributed by atoms with E-state index >= 15 is 0 Å². The molecule has 0 atom stereocenters. The van der Waals surface area contributed by atoms with Gasteiger partial charge >= 0.3 is 0 Å². The molecular formula is C24H33IN6O2. The van der Waals surface area contributed by atoms with Gasteiger partial charge in [-0.3, -0.25) is 0 Å². The maximum absolute atomic E-state index is 5.67. The summed E-state index contributed by atoms with van der Waals surface area (Å²) in [4.78, 5) is 9.08. The summed E-state index contributed by atoms with van der Waals surface area (Å²) >= 11 is 0. The normalized spacial score (nSPS) is 10.9. The largest absolute Gasteiger partial charge is 0.493 e. The first-order valence-corrected chi connectivity index (χ1v) is 11.0. The van der Waals surface area contributed by atoms with Gasteiger partial charge in [0.1, 0.15) is 0 Å². The molecule has 0 aliphatic rings. The number of methoxy groups -OCH3 is 1. The minimum Gasteiger partial charge on any atom is -0.493 e. The smallest absolute Gasteiger partial charge is 0.191 e. The molecule has 0 saturated heterocycles. The minimum atomic E-state index is 0. The SMILES string of the molecule is CCNC(=NCc1ccnc(-n2cccn2)c1)NCCCc1ccc(OC)c(OCC)c1.I. The maximum atomic E-state index is 5.67. The van der Waals surface area contributed by atoms with Crippen LogP contribution in [0.25, 0.3) is 5.82 Å². The summed E-state index contributed by atoms with van der Waals surface area (Å²) in [5.74, 6) is 3.14.